The van der Waals surface area contributed by atoms with Crippen LogP contribution in [0.1, 0.15) is 33.7 Å². The third-order valence-corrected chi connectivity index (χ3v) is 6.75. The highest BCUT2D eigenvalue weighted by molar-refractivity contribution is 5.89. The number of aromatic nitrogens is 1. The Morgan fingerprint density at radius 2 is 1.76 bits per heavy atom. The molecule has 0 unspecified atom stereocenters. The van der Waals surface area contributed by atoms with Gasteiger partial charge in [0.2, 0.25) is 0 Å². The second-order valence-electron chi connectivity index (χ2n) is 8.28. The van der Waals surface area contributed by atoms with Gasteiger partial charge >= 0.3 is 0 Å². The molecule has 0 spiro atoms. The first kappa shape index (κ1) is 16.9. The van der Waals surface area contributed by atoms with Crippen LogP contribution in [-0.4, -0.2) is 23.0 Å². The number of hydrogen-bond donors (Lipinski definition) is 1. The lowest BCUT2D eigenvalue weighted by Crippen LogP contribution is -2.45. The highest BCUT2D eigenvalue weighted by Crippen LogP contribution is 2.46. The number of nitrogens with one attached hydrogen (secondary N) is 1. The molecule has 1 aromatic heterocycles. The zero-order chi connectivity index (χ0) is 19.4. The number of nitrogens with zero attached hydrogens (tertiary/aromatic N) is 1. The molecule has 0 amide bonds. The van der Waals surface area contributed by atoms with E-state index >= 15 is 0 Å². The summed E-state index contributed by atoms with van der Waals surface area (Å²) in [7, 11) is 1.72. The lowest BCUT2D eigenvalue weighted by Gasteiger charge is -2.45. The van der Waals surface area contributed by atoms with Crippen LogP contribution in [-0.2, 0) is 19.5 Å². The minimum absolute atomic E-state index is 0.421. The largest absolute Gasteiger partial charge is 0.497 e. The fourth-order valence-electron chi connectivity index (χ4n) is 5.43. The Balaban J connectivity index is 1.46. The molecule has 144 valence electrons. The van der Waals surface area contributed by atoms with Crippen LogP contribution in [0.4, 0.5) is 0 Å². The summed E-state index contributed by atoms with van der Waals surface area (Å²) in [6.45, 7) is 1.95. The molecule has 0 radical (unpaired) electrons. The van der Waals surface area contributed by atoms with Gasteiger partial charge in [-0.2, -0.15) is 0 Å². The minimum Gasteiger partial charge on any atom is -0.497 e. The van der Waals surface area contributed by atoms with Crippen LogP contribution in [0.25, 0.3) is 10.9 Å². The molecular formula is C26H24N2O. The van der Waals surface area contributed by atoms with E-state index in [0.29, 0.717) is 12.0 Å². The average Bonchev–Trinajstić information content (AvgIpc) is 3.19. The van der Waals surface area contributed by atoms with Gasteiger partial charge in [-0.3, -0.25) is 4.90 Å². The number of hydrogen-bond acceptors (Lipinski definition) is 2. The lowest BCUT2D eigenvalue weighted by molar-refractivity contribution is 0.144. The smallest absolute Gasteiger partial charge is 0.118 e. The molecule has 0 fully saturated rings. The number of methoxy groups -OCH3 is 1. The van der Waals surface area contributed by atoms with Crippen LogP contribution < -0.4 is 4.74 Å². The predicted molar refractivity (Wildman–Crippen MR) is 116 cm³/mol. The van der Waals surface area contributed by atoms with Gasteiger partial charge in [0.1, 0.15) is 5.75 Å². The van der Waals surface area contributed by atoms with E-state index in [1.165, 1.54) is 38.7 Å². The molecule has 2 atom stereocenters. The predicted octanol–water partition coefficient (Wildman–Crippen LogP) is 5.25. The number of H-pyrrole nitrogens is 1. The van der Waals surface area contributed by atoms with Crippen molar-refractivity contribution in [3.05, 3.63) is 101 Å². The Bertz CT molecular complexity index is 1190. The SMILES string of the molecule is COc1ccc(CN2Cc3ccccc3[C@H]3c4cccc5[nH]cc(c45)C[C@@H]32)cc1. The molecular weight excluding hydrogens is 356 g/mol. The van der Waals surface area contributed by atoms with Crippen molar-refractivity contribution in [1.82, 2.24) is 9.88 Å². The van der Waals surface area contributed by atoms with Crippen LogP contribution in [0.2, 0.25) is 0 Å². The lowest BCUT2D eigenvalue weighted by atomic mass is 9.72. The number of aromatic amines is 1. The van der Waals surface area contributed by atoms with E-state index in [1.54, 1.807) is 7.11 Å². The molecule has 3 aromatic carbocycles. The summed E-state index contributed by atoms with van der Waals surface area (Å²) >= 11 is 0. The molecule has 1 aliphatic carbocycles. The van der Waals surface area contributed by atoms with E-state index in [4.69, 9.17) is 4.74 Å². The molecule has 1 aliphatic heterocycles. The maximum absolute atomic E-state index is 5.34. The zero-order valence-corrected chi connectivity index (χ0v) is 16.6. The Kier molecular flexibility index (Phi) is 3.78. The molecule has 3 heteroatoms. The monoisotopic (exact) mass is 380 g/mol. The third-order valence-electron chi connectivity index (χ3n) is 6.75. The fourth-order valence-corrected chi connectivity index (χ4v) is 5.43. The van der Waals surface area contributed by atoms with Gasteiger partial charge in [0.05, 0.1) is 7.11 Å². The van der Waals surface area contributed by atoms with Crippen molar-refractivity contribution in [1.29, 1.82) is 0 Å². The summed E-state index contributed by atoms with van der Waals surface area (Å²) in [6.07, 6.45) is 3.31. The van der Waals surface area contributed by atoms with E-state index in [0.717, 1.165) is 25.3 Å². The van der Waals surface area contributed by atoms with Gasteiger partial charge < -0.3 is 9.72 Å². The van der Waals surface area contributed by atoms with Gasteiger partial charge in [-0.25, -0.2) is 0 Å². The summed E-state index contributed by atoms with van der Waals surface area (Å²) in [4.78, 5) is 6.17. The Morgan fingerprint density at radius 3 is 2.62 bits per heavy atom. The average molecular weight is 380 g/mol. The molecule has 0 bridgehead atoms. The second kappa shape index (κ2) is 6.50. The summed E-state index contributed by atoms with van der Waals surface area (Å²) in [5.41, 5.74) is 8.49. The quantitative estimate of drug-likeness (QED) is 0.526. The number of benzene rings is 3. The first-order chi connectivity index (χ1) is 14.3. The van der Waals surface area contributed by atoms with Crippen LogP contribution in [0, 0.1) is 0 Å². The maximum atomic E-state index is 5.34. The van der Waals surface area contributed by atoms with Crippen molar-refractivity contribution < 1.29 is 4.74 Å². The standard InChI is InChI=1S/C26H24N2O/c1-29-20-11-9-17(10-12-20)15-28-16-18-5-2-3-6-21(18)26-22-7-4-8-23-25(22)19(14-27-23)13-24(26)28/h2-12,14,24,26-27H,13,15-16H2,1H3/t24-,26-/m0/s1. The van der Waals surface area contributed by atoms with Crippen molar-refractivity contribution in [3.8, 4) is 5.75 Å². The second-order valence-corrected chi connectivity index (χ2v) is 8.28. The minimum atomic E-state index is 0.421. The first-order valence-electron chi connectivity index (χ1n) is 10.4. The van der Waals surface area contributed by atoms with E-state index in [9.17, 15) is 0 Å². The summed E-state index contributed by atoms with van der Waals surface area (Å²) in [6, 6.07) is 24.8. The fraction of sp³-hybridized carbons (Fsp3) is 0.231. The molecule has 1 N–H and O–H groups in total. The highest BCUT2D eigenvalue weighted by atomic mass is 16.5. The van der Waals surface area contributed by atoms with Crippen molar-refractivity contribution in [2.45, 2.75) is 31.5 Å². The first-order valence-corrected chi connectivity index (χ1v) is 10.4. The van der Waals surface area contributed by atoms with Crippen molar-refractivity contribution in [2.24, 2.45) is 0 Å². The molecule has 3 nitrogen and oxygen atoms in total. The Morgan fingerprint density at radius 1 is 0.931 bits per heavy atom. The molecule has 29 heavy (non-hydrogen) atoms. The molecule has 2 heterocycles. The van der Waals surface area contributed by atoms with Gasteiger partial charge in [0.25, 0.3) is 0 Å². The molecule has 6 rings (SSSR count). The number of ether oxygens (including phenoxy) is 1. The molecule has 0 saturated carbocycles. The molecule has 0 saturated heterocycles. The highest BCUT2D eigenvalue weighted by Gasteiger charge is 2.40. The Labute approximate surface area is 170 Å². The van der Waals surface area contributed by atoms with E-state index in [2.05, 4.69) is 82.8 Å². The van der Waals surface area contributed by atoms with Crippen LogP contribution in [0.3, 0.4) is 0 Å². The van der Waals surface area contributed by atoms with E-state index in [1.807, 2.05) is 0 Å². The summed E-state index contributed by atoms with van der Waals surface area (Å²) in [5, 5.41) is 1.44. The van der Waals surface area contributed by atoms with E-state index < -0.39 is 0 Å². The van der Waals surface area contributed by atoms with Gasteiger partial charge in [0.15, 0.2) is 0 Å². The van der Waals surface area contributed by atoms with E-state index in [-0.39, 0.29) is 0 Å². The topological polar surface area (TPSA) is 28.3 Å². The van der Waals surface area contributed by atoms with Crippen molar-refractivity contribution in [2.75, 3.05) is 7.11 Å². The number of fused-ring (bicyclic) bond motifs is 4. The third kappa shape index (κ3) is 2.61. The molecule has 4 aromatic rings. The van der Waals surface area contributed by atoms with Crippen molar-refractivity contribution >= 4 is 10.9 Å². The molecule has 2 aliphatic rings. The normalized spacial score (nSPS) is 20.3. The van der Waals surface area contributed by atoms with Gasteiger partial charge in [-0.15, -0.1) is 0 Å². The van der Waals surface area contributed by atoms with Crippen LogP contribution in [0.5, 0.6) is 5.75 Å². The summed E-state index contributed by atoms with van der Waals surface area (Å²) in [5.74, 6) is 1.34. The van der Waals surface area contributed by atoms with Crippen molar-refractivity contribution in [3.63, 3.8) is 0 Å². The maximum Gasteiger partial charge on any atom is 0.118 e. The van der Waals surface area contributed by atoms with Gasteiger partial charge in [-0.1, -0.05) is 48.5 Å². The van der Waals surface area contributed by atoms with Crippen LogP contribution in [0.15, 0.2) is 72.9 Å². The van der Waals surface area contributed by atoms with Gasteiger partial charge in [0, 0.05) is 42.1 Å². The zero-order valence-electron chi connectivity index (χ0n) is 16.6. The summed E-state index contributed by atoms with van der Waals surface area (Å²) < 4.78 is 5.34. The van der Waals surface area contributed by atoms with Crippen LogP contribution >= 0.6 is 0 Å². The van der Waals surface area contributed by atoms with Gasteiger partial charge in [-0.05, 0) is 52.4 Å². The Hall–Kier alpha value is -3.04. The number of rotatable bonds is 3.